The van der Waals surface area contributed by atoms with E-state index in [0.717, 1.165) is 0 Å². The van der Waals surface area contributed by atoms with Crippen LogP contribution in [0.25, 0.3) is 28.1 Å². The second-order valence-electron chi connectivity index (χ2n) is 10.2. The molecule has 9 heteroatoms. The third-order valence-corrected chi connectivity index (χ3v) is 7.63. The van der Waals surface area contributed by atoms with Gasteiger partial charge in [-0.25, -0.2) is 4.68 Å². The lowest BCUT2D eigenvalue weighted by Gasteiger charge is -2.24. The molecule has 0 atom stereocenters. The van der Waals surface area contributed by atoms with Crippen LogP contribution in [0.1, 0.15) is 26.4 Å². The van der Waals surface area contributed by atoms with E-state index in [1.54, 1.807) is 116 Å². The molecule has 222 valence electrons. The van der Waals surface area contributed by atoms with Crippen LogP contribution in [0.3, 0.4) is 0 Å². The Morgan fingerprint density at radius 3 is 1.87 bits per heavy atom. The molecule has 4 aromatic rings. The minimum Gasteiger partial charge on any atom is -0.497 e. The van der Waals surface area contributed by atoms with Crippen molar-refractivity contribution in [2.24, 2.45) is 0 Å². The van der Waals surface area contributed by atoms with Gasteiger partial charge in [-0.3, -0.25) is 14.4 Å². The molecule has 0 saturated heterocycles. The van der Waals surface area contributed by atoms with Crippen LogP contribution >= 0.6 is 11.6 Å². The number of fused-ring (bicyclic) bond motifs is 1. The van der Waals surface area contributed by atoms with Crippen molar-refractivity contribution in [1.29, 1.82) is 0 Å². The molecule has 0 unspecified atom stereocenters. The lowest BCUT2D eigenvalue weighted by atomic mass is 9.88. The Bertz CT molecular complexity index is 2040. The smallest absolute Gasteiger partial charge is 0.260 e. The van der Waals surface area contributed by atoms with Gasteiger partial charge in [0.2, 0.25) is 0 Å². The van der Waals surface area contributed by atoms with E-state index in [0.29, 0.717) is 44.7 Å². The number of anilines is 2. The molecule has 1 heterocycles. The van der Waals surface area contributed by atoms with Crippen molar-refractivity contribution in [3.8, 4) is 33.8 Å². The number of amides is 2. The van der Waals surface area contributed by atoms with Crippen molar-refractivity contribution < 1.29 is 14.3 Å². The summed E-state index contributed by atoms with van der Waals surface area (Å²) in [6.07, 6.45) is 0. The molecular formula is C36H27ClN4O4. The monoisotopic (exact) mass is 614 g/mol. The predicted molar refractivity (Wildman–Crippen MR) is 177 cm³/mol. The van der Waals surface area contributed by atoms with Crippen LogP contribution in [0.5, 0.6) is 5.75 Å². The van der Waals surface area contributed by atoms with Gasteiger partial charge in [0.15, 0.2) is 5.43 Å². The summed E-state index contributed by atoms with van der Waals surface area (Å²) in [5.74, 6) is -0.530. The zero-order valence-corrected chi connectivity index (χ0v) is 25.1. The van der Waals surface area contributed by atoms with Crippen molar-refractivity contribution in [2.75, 3.05) is 17.7 Å². The average molecular weight is 615 g/mol. The van der Waals surface area contributed by atoms with E-state index in [1.807, 2.05) is 12.1 Å². The van der Waals surface area contributed by atoms with Crippen LogP contribution in [0.4, 0.5) is 11.4 Å². The molecule has 0 bridgehead atoms. The number of carbonyl (C=O) groups is 2. The zero-order valence-electron chi connectivity index (χ0n) is 24.4. The molecular weight excluding hydrogens is 588 g/mol. The second-order valence-corrected chi connectivity index (χ2v) is 10.7. The third kappa shape index (κ3) is 5.91. The van der Waals surface area contributed by atoms with Gasteiger partial charge < -0.3 is 15.4 Å². The van der Waals surface area contributed by atoms with E-state index in [4.69, 9.17) is 21.4 Å². The van der Waals surface area contributed by atoms with Gasteiger partial charge in [0.05, 0.1) is 29.6 Å². The van der Waals surface area contributed by atoms with Gasteiger partial charge in [-0.05, 0) is 79.2 Å². The Morgan fingerprint density at radius 2 is 1.31 bits per heavy atom. The van der Waals surface area contributed by atoms with Gasteiger partial charge in [-0.1, -0.05) is 60.1 Å². The van der Waals surface area contributed by atoms with Crippen molar-refractivity contribution in [1.82, 2.24) is 9.78 Å². The summed E-state index contributed by atoms with van der Waals surface area (Å²) in [7, 11) is 1.57. The number of methoxy groups -OCH3 is 1. The summed E-state index contributed by atoms with van der Waals surface area (Å²) in [6, 6.07) is 33.3. The van der Waals surface area contributed by atoms with Gasteiger partial charge in [0.1, 0.15) is 11.4 Å². The molecule has 6 rings (SSSR count). The fourth-order valence-corrected chi connectivity index (χ4v) is 5.34. The van der Waals surface area contributed by atoms with Crippen LogP contribution in [0, 0.1) is 6.92 Å². The first kappa shape index (κ1) is 29.3. The Labute approximate surface area is 264 Å². The Hall–Kier alpha value is -5.73. The number of rotatable bonds is 7. The zero-order chi connectivity index (χ0) is 31.5. The molecule has 8 nitrogen and oxygen atoms in total. The molecule has 4 aromatic carbocycles. The summed E-state index contributed by atoms with van der Waals surface area (Å²) < 4.78 is 6.95. The Morgan fingerprint density at radius 1 is 0.756 bits per heavy atom. The largest absolute Gasteiger partial charge is 0.497 e. The third-order valence-electron chi connectivity index (χ3n) is 7.38. The average Bonchev–Trinajstić information content (AvgIpc) is 3.05. The van der Waals surface area contributed by atoms with Gasteiger partial charge in [0.25, 0.3) is 11.8 Å². The number of hydrogen-bond acceptors (Lipinski definition) is 5. The molecule has 0 spiro atoms. The van der Waals surface area contributed by atoms with Gasteiger partial charge in [0, 0.05) is 27.5 Å². The van der Waals surface area contributed by atoms with Crippen LogP contribution in [-0.4, -0.2) is 28.7 Å². The minimum atomic E-state index is -0.656. The summed E-state index contributed by atoms with van der Waals surface area (Å²) in [5.41, 5.74) is 3.01. The lowest BCUT2D eigenvalue weighted by Crippen LogP contribution is -2.28. The van der Waals surface area contributed by atoms with Gasteiger partial charge in [-0.2, -0.15) is 5.10 Å². The highest BCUT2D eigenvalue weighted by molar-refractivity contribution is 6.30. The molecule has 0 saturated carbocycles. The summed E-state index contributed by atoms with van der Waals surface area (Å²) in [5, 5.41) is 11.3. The minimum absolute atomic E-state index is 0.129. The molecule has 0 fully saturated rings. The normalized spacial score (nSPS) is 10.8. The summed E-state index contributed by atoms with van der Waals surface area (Å²) in [4.78, 5) is 42.1. The van der Waals surface area contributed by atoms with Gasteiger partial charge >= 0.3 is 0 Å². The van der Waals surface area contributed by atoms with E-state index in [1.165, 1.54) is 6.07 Å². The van der Waals surface area contributed by atoms with E-state index >= 15 is 0 Å². The number of nitrogens with one attached hydrogen (secondary N) is 2. The molecule has 2 aliphatic rings. The van der Waals surface area contributed by atoms with E-state index in [9.17, 15) is 14.4 Å². The number of para-hydroxylation sites is 2. The van der Waals surface area contributed by atoms with Crippen LogP contribution in [0.15, 0.2) is 120 Å². The Balaban J connectivity index is 1.68. The molecule has 45 heavy (non-hydrogen) atoms. The fourth-order valence-electron chi connectivity index (χ4n) is 5.21. The lowest BCUT2D eigenvalue weighted by molar-refractivity contribution is 0.102. The maximum absolute atomic E-state index is 14.2. The van der Waals surface area contributed by atoms with E-state index in [2.05, 4.69) is 10.6 Å². The maximum atomic E-state index is 14.2. The summed E-state index contributed by atoms with van der Waals surface area (Å²) in [6.45, 7) is 1.73. The molecule has 1 aliphatic heterocycles. The van der Waals surface area contributed by atoms with E-state index in [-0.39, 0.29) is 22.4 Å². The van der Waals surface area contributed by atoms with Crippen molar-refractivity contribution in [3.05, 3.63) is 147 Å². The van der Waals surface area contributed by atoms with Crippen molar-refractivity contribution in [3.63, 3.8) is 0 Å². The van der Waals surface area contributed by atoms with Gasteiger partial charge in [-0.15, -0.1) is 0 Å². The fraction of sp³-hybridized carbons (Fsp3) is 0.0556. The first-order chi connectivity index (χ1) is 21.8. The van der Waals surface area contributed by atoms with Crippen LogP contribution in [0.2, 0.25) is 5.02 Å². The number of nitrogens with zero attached hydrogens (tertiary/aromatic N) is 2. The topological polar surface area (TPSA) is 102 Å². The number of aromatic nitrogens is 2. The highest BCUT2D eigenvalue weighted by atomic mass is 35.5. The van der Waals surface area contributed by atoms with Crippen LogP contribution < -0.4 is 20.8 Å². The molecule has 2 N–H and O–H groups in total. The number of halogens is 1. The number of ether oxygens (including phenoxy) is 1. The first-order valence-electron chi connectivity index (χ1n) is 14.1. The predicted octanol–water partition coefficient (Wildman–Crippen LogP) is 7.48. The second kappa shape index (κ2) is 12.5. The molecule has 0 aromatic heterocycles. The standard InChI is InChI=1S/C36H27ClN4O4/c1-22-31(35(43)38-25-9-5-3-6-10-25)33-32(36(44)39-26-11-7-4-8-12-26)30(42)21-29(23-13-19-28(45-2)20-14-23)34(33)40-41(22)27-17-15-24(37)16-18-27/h3-21H,1-2H3,(H,38,43)(H,39,44). The number of carbonyl (C=O) groups excluding carboxylic acids is 2. The highest BCUT2D eigenvalue weighted by Crippen LogP contribution is 2.38. The van der Waals surface area contributed by atoms with Crippen molar-refractivity contribution >= 4 is 34.8 Å². The molecule has 2 amide bonds. The highest BCUT2D eigenvalue weighted by Gasteiger charge is 2.32. The Kier molecular flexibility index (Phi) is 8.14. The number of benzene rings is 5. The number of hydrogen-bond donors (Lipinski definition) is 2. The summed E-state index contributed by atoms with van der Waals surface area (Å²) >= 11 is 6.19. The van der Waals surface area contributed by atoms with Crippen LogP contribution in [-0.2, 0) is 0 Å². The molecule has 1 aliphatic carbocycles. The maximum Gasteiger partial charge on any atom is 0.260 e. The first-order valence-corrected chi connectivity index (χ1v) is 14.5. The van der Waals surface area contributed by atoms with E-state index < -0.39 is 17.2 Å². The van der Waals surface area contributed by atoms with Crippen molar-refractivity contribution in [2.45, 2.75) is 6.92 Å². The SMILES string of the molecule is COc1ccc(-c2cc(=O)c(C(=O)Nc3ccccc3)c3c(C(=O)Nc4ccccc4)c(C)n(-c4ccc(Cl)cc4)nc2-3)cc1. The molecule has 0 radical (unpaired) electrons. The quantitative estimate of drug-likeness (QED) is 0.194.